The van der Waals surface area contributed by atoms with E-state index >= 15 is 4.11 Å². The van der Waals surface area contributed by atoms with E-state index in [4.69, 9.17) is 10.5 Å². The highest BCUT2D eigenvalue weighted by Crippen LogP contribution is 2.60. The van der Waals surface area contributed by atoms with Gasteiger partial charge in [-0.05, 0) is 67.5 Å². The normalized spacial score (nSPS) is 24.3. The predicted octanol–water partition coefficient (Wildman–Crippen LogP) is 5.23. The first-order valence-corrected chi connectivity index (χ1v) is 16.2. The molecule has 2 aliphatic rings. The van der Waals surface area contributed by atoms with Gasteiger partial charge in [0.2, 0.25) is 8.41 Å². The molecule has 1 saturated heterocycles. The molecule has 0 saturated carbocycles. The number of fused-ring (bicyclic) bond motifs is 2. The van der Waals surface area contributed by atoms with Crippen LogP contribution in [-0.4, -0.2) is 38.0 Å². The number of anilines is 3. The van der Waals surface area contributed by atoms with Crippen LogP contribution in [0.25, 0.3) is 0 Å². The number of halogens is 1. The number of ether oxygens (including phenoxy) is 1. The van der Waals surface area contributed by atoms with E-state index in [0.29, 0.717) is 34.7 Å². The van der Waals surface area contributed by atoms with Crippen LogP contribution in [0.5, 0.6) is 0 Å². The fourth-order valence-corrected chi connectivity index (χ4v) is 8.83. The molecule has 9 heteroatoms. The lowest BCUT2D eigenvalue weighted by Gasteiger charge is -2.31. The molecule has 0 aliphatic carbocycles. The number of amides is 2. The van der Waals surface area contributed by atoms with Crippen molar-refractivity contribution < 1.29 is 23.5 Å². The molecule has 2 aliphatic heterocycles. The quantitative estimate of drug-likeness (QED) is 0.214. The maximum Gasteiger partial charge on any atom is 0.264 e. The zero-order valence-electron chi connectivity index (χ0n) is 22.4. The van der Waals surface area contributed by atoms with Crippen molar-refractivity contribution in [1.29, 1.82) is 0 Å². The summed E-state index contributed by atoms with van der Waals surface area (Å²) in [5, 5.41) is 12.7. The van der Waals surface area contributed by atoms with Crippen LogP contribution < -0.4 is 16.0 Å². The molecule has 7 nitrogen and oxygen atoms in total. The molecule has 3 aromatic rings. The van der Waals surface area contributed by atoms with Gasteiger partial charge in [-0.1, -0.05) is 37.3 Å². The maximum absolute atomic E-state index is 15.8. The van der Waals surface area contributed by atoms with Crippen molar-refractivity contribution in [2.75, 3.05) is 22.6 Å². The minimum absolute atomic E-state index is 0.166. The third kappa shape index (κ3) is 4.75. The summed E-state index contributed by atoms with van der Waals surface area (Å²) in [5.74, 6) is -1.04. The lowest BCUT2D eigenvalue weighted by atomic mass is 9.82. The Hall–Kier alpha value is -3.53. The van der Waals surface area contributed by atoms with Gasteiger partial charge in [-0.2, -0.15) is 0 Å². The van der Waals surface area contributed by atoms with Crippen LogP contribution in [0.1, 0.15) is 34.8 Å². The summed E-state index contributed by atoms with van der Waals surface area (Å²) in [7, 11) is -3.30. The molecule has 0 aromatic heterocycles. The largest absolute Gasteiger partial charge is 0.399 e. The Kier molecular flexibility index (Phi) is 7.09. The number of hydrogen-bond acceptors (Lipinski definition) is 5. The van der Waals surface area contributed by atoms with Gasteiger partial charge >= 0.3 is 0 Å². The zero-order chi connectivity index (χ0) is 27.9. The van der Waals surface area contributed by atoms with Crippen LogP contribution in [-0.2, 0) is 21.7 Å². The van der Waals surface area contributed by atoms with E-state index in [1.165, 1.54) is 0 Å². The predicted molar refractivity (Wildman–Crippen MR) is 153 cm³/mol. The second-order valence-electron chi connectivity index (χ2n) is 11.0. The summed E-state index contributed by atoms with van der Waals surface area (Å²) in [5.41, 5.74) is 7.56. The number of nitrogens with zero attached hydrogens (tertiary/aromatic N) is 1. The van der Waals surface area contributed by atoms with E-state index < -0.39 is 31.6 Å². The molecule has 4 N–H and O–H groups in total. The molecule has 39 heavy (non-hydrogen) atoms. The smallest absolute Gasteiger partial charge is 0.264 e. The number of rotatable bonds is 7. The molecule has 1 spiro atoms. The molecular formula is C30H34FN3O4Si. The Morgan fingerprint density at radius 3 is 2.46 bits per heavy atom. The molecular weight excluding hydrogens is 513 g/mol. The summed E-state index contributed by atoms with van der Waals surface area (Å²) in [4.78, 5) is 29.0. The molecule has 0 unspecified atom stereocenters. The van der Waals surface area contributed by atoms with Crippen LogP contribution in [0, 0.1) is 5.92 Å². The average Bonchev–Trinajstić information content (AvgIpc) is 3.32. The number of carbonyl (C=O) groups excluding carboxylic acids is 2. The maximum atomic E-state index is 15.8. The monoisotopic (exact) mass is 547 g/mol. The molecule has 2 heterocycles. The van der Waals surface area contributed by atoms with E-state index in [2.05, 4.69) is 5.32 Å². The summed E-state index contributed by atoms with van der Waals surface area (Å²) in [6, 6.07) is 21.6. The summed E-state index contributed by atoms with van der Waals surface area (Å²) in [6.07, 6.45) is -0.357. The summed E-state index contributed by atoms with van der Waals surface area (Å²) >= 11 is 0. The Labute approximate surface area is 229 Å². The number of nitrogens with two attached hydrogens (primary N) is 1. The standard InChI is InChI=1S/C30H34FN3O4Si/c1-19-27(39(2,3)31)26(15-16-35)38-30(19)24-17-23(33-28(36)21-9-11-22(32)12-10-21)13-14-25(24)34(29(30)37)18-20-7-5-4-6-8-20/h4-14,17,19,26-27,35H,15-16,18,32H2,1-3H3,(H,33,36)/t19-,26+,27-,30+/m1/s1. The van der Waals surface area contributed by atoms with E-state index in [1.54, 1.807) is 54.4 Å². The van der Waals surface area contributed by atoms with Crippen LogP contribution in [0.2, 0.25) is 18.6 Å². The number of nitrogen functional groups attached to an aromatic ring is 1. The Bertz CT molecular complexity index is 1380. The van der Waals surface area contributed by atoms with Gasteiger partial charge in [-0.25, -0.2) is 0 Å². The molecule has 0 radical (unpaired) electrons. The first kappa shape index (κ1) is 27.0. The number of aliphatic hydroxyl groups excluding tert-OH is 1. The van der Waals surface area contributed by atoms with Crippen LogP contribution in [0.4, 0.5) is 21.2 Å². The van der Waals surface area contributed by atoms with Gasteiger partial charge in [0, 0.05) is 40.6 Å². The van der Waals surface area contributed by atoms with Crippen molar-refractivity contribution in [1.82, 2.24) is 0 Å². The van der Waals surface area contributed by atoms with Crippen molar-refractivity contribution >= 4 is 37.3 Å². The second-order valence-corrected chi connectivity index (χ2v) is 14.8. The molecule has 4 atom stereocenters. The fraction of sp³-hybridized carbons (Fsp3) is 0.333. The van der Waals surface area contributed by atoms with Gasteiger partial charge in [0.25, 0.3) is 11.8 Å². The van der Waals surface area contributed by atoms with E-state index in [1.807, 2.05) is 43.3 Å². The summed E-state index contributed by atoms with van der Waals surface area (Å²) in [6.45, 7) is 5.30. The molecule has 3 aromatic carbocycles. The Morgan fingerprint density at radius 2 is 1.82 bits per heavy atom. The number of benzene rings is 3. The van der Waals surface area contributed by atoms with Gasteiger partial charge in [0.15, 0.2) is 5.60 Å². The first-order valence-electron chi connectivity index (χ1n) is 13.2. The first-order chi connectivity index (χ1) is 18.6. The van der Waals surface area contributed by atoms with Gasteiger partial charge in [0.1, 0.15) is 0 Å². The van der Waals surface area contributed by atoms with Gasteiger partial charge in [0.05, 0.1) is 18.3 Å². The van der Waals surface area contributed by atoms with E-state index in [-0.39, 0.29) is 24.8 Å². The van der Waals surface area contributed by atoms with Crippen molar-refractivity contribution in [2.24, 2.45) is 5.92 Å². The highest BCUT2D eigenvalue weighted by Gasteiger charge is 2.66. The van der Waals surface area contributed by atoms with Crippen molar-refractivity contribution in [3.05, 3.63) is 89.5 Å². The molecule has 2 amide bonds. The highest BCUT2D eigenvalue weighted by molar-refractivity contribution is 6.72. The Balaban J connectivity index is 1.59. The van der Waals surface area contributed by atoms with E-state index in [9.17, 15) is 14.7 Å². The molecule has 5 rings (SSSR count). The van der Waals surface area contributed by atoms with E-state index in [0.717, 1.165) is 5.56 Å². The third-order valence-electron chi connectivity index (χ3n) is 7.99. The van der Waals surface area contributed by atoms with Gasteiger partial charge < -0.3 is 29.9 Å². The van der Waals surface area contributed by atoms with Crippen molar-refractivity contribution in [3.63, 3.8) is 0 Å². The summed E-state index contributed by atoms with van der Waals surface area (Å²) < 4.78 is 22.3. The number of aliphatic hydroxyl groups is 1. The molecule has 204 valence electrons. The second kappa shape index (κ2) is 10.2. The third-order valence-corrected chi connectivity index (χ3v) is 10.4. The number of hydrogen-bond donors (Lipinski definition) is 3. The zero-order valence-corrected chi connectivity index (χ0v) is 23.4. The highest BCUT2D eigenvalue weighted by atomic mass is 28.4. The number of carbonyl (C=O) groups is 2. The fourth-order valence-electron chi connectivity index (χ4n) is 6.28. The molecule has 0 bridgehead atoms. The Morgan fingerprint density at radius 1 is 1.13 bits per heavy atom. The lowest BCUT2D eigenvalue weighted by Crippen LogP contribution is -2.45. The lowest BCUT2D eigenvalue weighted by molar-refractivity contribution is -0.146. The van der Waals surface area contributed by atoms with Crippen LogP contribution in [0.15, 0.2) is 72.8 Å². The SMILES string of the molecule is C[C@@H]1[C@@H]([Si](C)(C)F)[C@H](CCO)O[C@@]12C(=O)N(Cc1ccccc1)c1ccc(NC(=O)c3ccc(N)cc3)cc12. The topological polar surface area (TPSA) is 105 Å². The minimum Gasteiger partial charge on any atom is -0.399 e. The average molecular weight is 548 g/mol. The van der Waals surface area contributed by atoms with Crippen LogP contribution >= 0.6 is 0 Å². The van der Waals surface area contributed by atoms with Crippen molar-refractivity contribution in [3.8, 4) is 0 Å². The molecule has 1 fully saturated rings. The number of nitrogens with one attached hydrogen (secondary N) is 1. The van der Waals surface area contributed by atoms with Crippen molar-refractivity contribution in [2.45, 2.75) is 50.2 Å². The van der Waals surface area contributed by atoms with Gasteiger partial charge in [-0.3, -0.25) is 9.59 Å². The van der Waals surface area contributed by atoms with Crippen LogP contribution in [0.3, 0.4) is 0 Å². The minimum atomic E-state index is -3.30. The van der Waals surface area contributed by atoms with Gasteiger partial charge in [-0.15, -0.1) is 0 Å².